The molecule has 0 radical (unpaired) electrons. The summed E-state index contributed by atoms with van der Waals surface area (Å²) >= 11 is 1.60. The van der Waals surface area contributed by atoms with Crippen LogP contribution in [0.25, 0.3) is 21.8 Å². The van der Waals surface area contributed by atoms with Crippen molar-refractivity contribution >= 4 is 22.9 Å². The van der Waals surface area contributed by atoms with E-state index < -0.39 is 0 Å². The second-order valence-electron chi connectivity index (χ2n) is 4.88. The Labute approximate surface area is 125 Å². The molecule has 1 aromatic carbocycles. The van der Waals surface area contributed by atoms with Crippen LogP contribution in [0.3, 0.4) is 0 Å². The Hall–Kier alpha value is -2.53. The highest BCUT2D eigenvalue weighted by Gasteiger charge is 2.18. The van der Waals surface area contributed by atoms with Crippen molar-refractivity contribution in [3.8, 4) is 21.8 Å². The predicted molar refractivity (Wildman–Crippen MR) is 83.1 cm³/mol. The lowest BCUT2D eigenvalue weighted by molar-refractivity contribution is -0.115. The van der Waals surface area contributed by atoms with E-state index >= 15 is 0 Å². The van der Waals surface area contributed by atoms with Gasteiger partial charge in [0.1, 0.15) is 5.01 Å². The normalized spacial score (nSPS) is 13.0. The van der Waals surface area contributed by atoms with E-state index in [0.717, 1.165) is 33.1 Å². The van der Waals surface area contributed by atoms with Crippen LogP contribution >= 0.6 is 11.3 Å². The predicted octanol–water partition coefficient (Wildman–Crippen LogP) is 3.37. The van der Waals surface area contributed by atoms with Crippen molar-refractivity contribution in [3.63, 3.8) is 0 Å². The number of pyridine rings is 1. The monoisotopic (exact) mass is 293 g/mol. The Balaban J connectivity index is 1.71. The Morgan fingerprint density at radius 2 is 2.14 bits per heavy atom. The van der Waals surface area contributed by atoms with Crippen LogP contribution in [0.4, 0.5) is 5.69 Å². The minimum absolute atomic E-state index is 0.0523. The number of nitrogens with zero attached hydrogens (tertiary/aromatic N) is 2. The summed E-state index contributed by atoms with van der Waals surface area (Å²) in [5, 5.41) is 5.83. The van der Waals surface area contributed by atoms with Crippen LogP contribution in [0.15, 0.2) is 48.1 Å². The molecule has 1 aliphatic rings. The molecule has 1 amide bonds. The van der Waals surface area contributed by atoms with E-state index in [1.54, 1.807) is 17.5 Å². The Morgan fingerprint density at radius 3 is 3.00 bits per heavy atom. The minimum Gasteiger partial charge on any atom is -0.326 e. The zero-order valence-electron chi connectivity index (χ0n) is 11.0. The SMILES string of the molecule is O=C1Cc2cc(-c3csc(-c4cccnc4)n3)ccc2N1. The highest BCUT2D eigenvalue weighted by molar-refractivity contribution is 7.13. The van der Waals surface area contributed by atoms with Gasteiger partial charge in [-0.15, -0.1) is 11.3 Å². The third kappa shape index (κ3) is 2.21. The molecule has 0 saturated carbocycles. The fraction of sp³-hybridized carbons (Fsp3) is 0.0625. The van der Waals surface area contributed by atoms with Crippen molar-refractivity contribution < 1.29 is 4.79 Å². The Kier molecular flexibility index (Phi) is 2.79. The number of carbonyl (C=O) groups excluding carboxylic acids is 1. The molecule has 1 aliphatic heterocycles. The van der Waals surface area contributed by atoms with E-state index in [4.69, 9.17) is 0 Å². The topological polar surface area (TPSA) is 54.9 Å². The van der Waals surface area contributed by atoms with E-state index in [1.807, 2.05) is 41.9 Å². The average Bonchev–Trinajstić information content (AvgIpc) is 3.12. The molecule has 0 saturated heterocycles. The quantitative estimate of drug-likeness (QED) is 0.788. The van der Waals surface area contributed by atoms with Crippen molar-refractivity contribution in [2.45, 2.75) is 6.42 Å². The summed E-state index contributed by atoms with van der Waals surface area (Å²) in [6.45, 7) is 0. The molecular weight excluding hydrogens is 282 g/mol. The maximum absolute atomic E-state index is 11.4. The fourth-order valence-corrected chi connectivity index (χ4v) is 3.24. The number of hydrogen-bond donors (Lipinski definition) is 1. The van der Waals surface area contributed by atoms with Crippen LogP contribution in [-0.2, 0) is 11.2 Å². The smallest absolute Gasteiger partial charge is 0.228 e. The summed E-state index contributed by atoms with van der Waals surface area (Å²) in [5.41, 5.74) is 4.93. The van der Waals surface area contributed by atoms with Crippen LogP contribution < -0.4 is 5.32 Å². The average molecular weight is 293 g/mol. The number of amides is 1. The van der Waals surface area contributed by atoms with Gasteiger partial charge in [-0.25, -0.2) is 4.98 Å². The Morgan fingerprint density at radius 1 is 1.19 bits per heavy atom. The standard InChI is InChI=1S/C16H11N3OS/c20-15-7-12-6-10(3-4-13(12)18-15)14-9-21-16(19-14)11-2-1-5-17-8-11/h1-6,8-9H,7H2,(H,18,20). The largest absolute Gasteiger partial charge is 0.326 e. The lowest BCUT2D eigenvalue weighted by atomic mass is 10.1. The maximum Gasteiger partial charge on any atom is 0.228 e. The summed E-state index contributed by atoms with van der Waals surface area (Å²) in [7, 11) is 0. The molecule has 4 nitrogen and oxygen atoms in total. The zero-order valence-corrected chi connectivity index (χ0v) is 11.9. The first kappa shape index (κ1) is 12.2. The van der Waals surface area contributed by atoms with Crippen LogP contribution in [0.1, 0.15) is 5.56 Å². The minimum atomic E-state index is 0.0523. The van der Waals surface area contributed by atoms with Crippen molar-refractivity contribution in [2.24, 2.45) is 0 Å². The number of carbonyl (C=O) groups is 1. The molecule has 102 valence electrons. The van der Waals surface area contributed by atoms with Gasteiger partial charge in [-0.3, -0.25) is 9.78 Å². The van der Waals surface area contributed by atoms with E-state index in [-0.39, 0.29) is 5.91 Å². The molecule has 0 spiro atoms. The Bertz CT molecular complexity index is 827. The third-order valence-corrected chi connectivity index (χ3v) is 4.33. The number of nitrogens with one attached hydrogen (secondary N) is 1. The van der Waals surface area contributed by atoms with Crippen LogP contribution in [0, 0.1) is 0 Å². The zero-order chi connectivity index (χ0) is 14.2. The first-order chi connectivity index (χ1) is 10.3. The molecule has 3 heterocycles. The first-order valence-electron chi connectivity index (χ1n) is 6.59. The molecule has 3 aromatic rings. The summed E-state index contributed by atoms with van der Waals surface area (Å²) in [6.07, 6.45) is 4.01. The van der Waals surface area contributed by atoms with Gasteiger partial charge in [0.25, 0.3) is 0 Å². The number of thiazole rings is 1. The second-order valence-corrected chi connectivity index (χ2v) is 5.73. The number of rotatable bonds is 2. The van der Waals surface area contributed by atoms with Gasteiger partial charge in [-0.05, 0) is 29.8 Å². The highest BCUT2D eigenvalue weighted by Crippen LogP contribution is 2.32. The summed E-state index contributed by atoms with van der Waals surface area (Å²) in [4.78, 5) is 20.2. The van der Waals surface area contributed by atoms with Gasteiger partial charge in [-0.1, -0.05) is 6.07 Å². The molecule has 0 atom stereocenters. The van der Waals surface area contributed by atoms with Crippen molar-refractivity contribution in [1.29, 1.82) is 0 Å². The van der Waals surface area contributed by atoms with E-state index in [0.29, 0.717) is 6.42 Å². The van der Waals surface area contributed by atoms with E-state index in [9.17, 15) is 4.79 Å². The molecule has 0 unspecified atom stereocenters. The first-order valence-corrected chi connectivity index (χ1v) is 7.47. The van der Waals surface area contributed by atoms with Crippen molar-refractivity contribution in [1.82, 2.24) is 9.97 Å². The molecule has 4 rings (SSSR count). The van der Waals surface area contributed by atoms with Gasteiger partial charge < -0.3 is 5.32 Å². The van der Waals surface area contributed by atoms with Crippen LogP contribution in [-0.4, -0.2) is 15.9 Å². The highest BCUT2D eigenvalue weighted by atomic mass is 32.1. The molecule has 5 heteroatoms. The molecule has 0 bridgehead atoms. The molecule has 21 heavy (non-hydrogen) atoms. The second kappa shape index (κ2) is 4.79. The van der Waals surface area contributed by atoms with Crippen molar-refractivity contribution in [3.05, 3.63) is 53.7 Å². The van der Waals surface area contributed by atoms with Gasteiger partial charge in [0.15, 0.2) is 0 Å². The molecular formula is C16H11N3OS. The van der Waals surface area contributed by atoms with E-state index in [2.05, 4.69) is 15.3 Å². The number of fused-ring (bicyclic) bond motifs is 1. The van der Waals surface area contributed by atoms with Gasteiger partial charge in [-0.2, -0.15) is 0 Å². The summed E-state index contributed by atoms with van der Waals surface area (Å²) in [5.74, 6) is 0.0523. The van der Waals surface area contributed by atoms with Gasteiger partial charge >= 0.3 is 0 Å². The van der Waals surface area contributed by atoms with E-state index in [1.165, 1.54) is 0 Å². The maximum atomic E-state index is 11.4. The fourth-order valence-electron chi connectivity index (χ4n) is 2.42. The number of aromatic nitrogens is 2. The van der Waals surface area contributed by atoms with Crippen LogP contribution in [0.2, 0.25) is 0 Å². The van der Waals surface area contributed by atoms with Gasteiger partial charge in [0, 0.05) is 34.6 Å². The molecule has 1 N–H and O–H groups in total. The number of anilines is 1. The van der Waals surface area contributed by atoms with Gasteiger partial charge in [0.2, 0.25) is 5.91 Å². The third-order valence-electron chi connectivity index (χ3n) is 3.44. The van der Waals surface area contributed by atoms with Crippen molar-refractivity contribution in [2.75, 3.05) is 5.32 Å². The summed E-state index contributed by atoms with van der Waals surface area (Å²) in [6, 6.07) is 9.88. The molecule has 0 fully saturated rings. The molecule has 0 aliphatic carbocycles. The lowest BCUT2D eigenvalue weighted by Gasteiger charge is -2.01. The lowest BCUT2D eigenvalue weighted by Crippen LogP contribution is -2.03. The number of benzene rings is 1. The van der Waals surface area contributed by atoms with Gasteiger partial charge in [0.05, 0.1) is 12.1 Å². The number of hydrogen-bond acceptors (Lipinski definition) is 4. The summed E-state index contributed by atoms with van der Waals surface area (Å²) < 4.78 is 0. The molecule has 2 aromatic heterocycles. The van der Waals surface area contributed by atoms with Crippen LogP contribution in [0.5, 0.6) is 0 Å².